The number of halogens is 5. The molecule has 0 bridgehead atoms. The van der Waals surface area contributed by atoms with E-state index in [-0.39, 0.29) is 28.0 Å². The molecule has 0 spiro atoms. The van der Waals surface area contributed by atoms with Gasteiger partial charge in [0.15, 0.2) is 10.9 Å². The zero-order valence-electron chi connectivity index (χ0n) is 12.1. The van der Waals surface area contributed by atoms with E-state index in [2.05, 4.69) is 11.6 Å². The maximum absolute atomic E-state index is 13.8. The maximum atomic E-state index is 13.8. The lowest BCUT2D eigenvalue weighted by molar-refractivity contribution is -0.141. The van der Waals surface area contributed by atoms with Gasteiger partial charge in [0.2, 0.25) is 0 Å². The summed E-state index contributed by atoms with van der Waals surface area (Å²) in [5.41, 5.74) is -2.03. The minimum atomic E-state index is -4.75. The number of hydrogen-bond acceptors (Lipinski definition) is 3. The summed E-state index contributed by atoms with van der Waals surface area (Å²) in [6.45, 7) is 3.44. The van der Waals surface area contributed by atoms with Gasteiger partial charge in [0, 0.05) is 29.0 Å². The van der Waals surface area contributed by atoms with Crippen LogP contribution in [0.4, 0.5) is 17.6 Å². The lowest BCUT2D eigenvalue weighted by Gasteiger charge is -2.13. The van der Waals surface area contributed by atoms with E-state index in [1.54, 1.807) is 0 Å². The van der Waals surface area contributed by atoms with Crippen LogP contribution >= 0.6 is 23.4 Å². The Morgan fingerprint density at radius 1 is 1.38 bits per heavy atom. The van der Waals surface area contributed by atoms with Crippen molar-refractivity contribution in [3.8, 4) is 0 Å². The summed E-state index contributed by atoms with van der Waals surface area (Å²) in [5.74, 6) is -0.657. The zero-order chi connectivity index (χ0) is 17.9. The molecule has 0 aliphatic heterocycles. The van der Waals surface area contributed by atoms with Gasteiger partial charge in [-0.2, -0.15) is 13.2 Å². The quantitative estimate of drug-likeness (QED) is 0.332. The number of allylic oxidation sites excluding steroid dienone is 1. The Balaban J connectivity index is 2.42. The molecule has 128 valence electrons. The van der Waals surface area contributed by atoms with Crippen LogP contribution in [0, 0.1) is 5.82 Å². The van der Waals surface area contributed by atoms with Gasteiger partial charge in [-0.15, -0.1) is 6.58 Å². The maximum Gasteiger partial charge on any atom is 0.433 e. The van der Waals surface area contributed by atoms with Crippen molar-refractivity contribution in [2.45, 2.75) is 23.6 Å². The van der Waals surface area contributed by atoms with E-state index >= 15 is 0 Å². The summed E-state index contributed by atoms with van der Waals surface area (Å²) in [6, 6.07) is 4.50. The highest BCUT2D eigenvalue weighted by Gasteiger charge is 2.34. The summed E-state index contributed by atoms with van der Waals surface area (Å²) in [6.07, 6.45) is -3.39. The Hall–Kier alpha value is -1.80. The second kappa shape index (κ2) is 7.40. The van der Waals surface area contributed by atoms with Crippen LogP contribution in [-0.2, 0) is 18.5 Å². The minimum Gasteiger partial charge on any atom is -0.284 e. The van der Waals surface area contributed by atoms with Gasteiger partial charge >= 0.3 is 6.18 Å². The SMILES string of the molecule is C=CCn1c(SCc2c(F)cccc2Cl)nc(C(F)(F)F)cc1=O. The summed E-state index contributed by atoms with van der Waals surface area (Å²) >= 11 is 6.69. The lowest BCUT2D eigenvalue weighted by atomic mass is 10.2. The summed E-state index contributed by atoms with van der Waals surface area (Å²) in [4.78, 5) is 15.4. The van der Waals surface area contributed by atoms with Crippen molar-refractivity contribution < 1.29 is 17.6 Å². The van der Waals surface area contributed by atoms with Crippen molar-refractivity contribution in [3.63, 3.8) is 0 Å². The predicted molar refractivity (Wildman–Crippen MR) is 84.7 cm³/mol. The van der Waals surface area contributed by atoms with Crippen LogP contribution in [0.2, 0.25) is 5.02 Å². The van der Waals surface area contributed by atoms with Crippen molar-refractivity contribution >= 4 is 23.4 Å². The van der Waals surface area contributed by atoms with E-state index in [9.17, 15) is 22.4 Å². The Bertz CT molecular complexity index is 800. The molecule has 1 aromatic carbocycles. The smallest absolute Gasteiger partial charge is 0.284 e. The molecule has 0 amide bonds. The van der Waals surface area contributed by atoms with E-state index in [1.165, 1.54) is 24.3 Å². The molecule has 0 aliphatic carbocycles. The fourth-order valence-electron chi connectivity index (χ4n) is 1.84. The van der Waals surface area contributed by atoms with E-state index in [0.717, 1.165) is 16.3 Å². The third-order valence-electron chi connectivity index (χ3n) is 2.98. The van der Waals surface area contributed by atoms with E-state index < -0.39 is 23.2 Å². The minimum absolute atomic E-state index is 0.0166. The van der Waals surface area contributed by atoms with Gasteiger partial charge in [0.25, 0.3) is 5.56 Å². The molecule has 2 rings (SSSR count). The van der Waals surface area contributed by atoms with E-state index in [1.807, 2.05) is 0 Å². The van der Waals surface area contributed by atoms with Crippen LogP contribution in [0.15, 0.2) is 46.9 Å². The summed E-state index contributed by atoms with van der Waals surface area (Å²) in [7, 11) is 0. The van der Waals surface area contributed by atoms with Crippen LogP contribution in [0.25, 0.3) is 0 Å². The highest BCUT2D eigenvalue weighted by Crippen LogP contribution is 2.31. The van der Waals surface area contributed by atoms with Crippen LogP contribution in [0.1, 0.15) is 11.3 Å². The largest absolute Gasteiger partial charge is 0.433 e. The van der Waals surface area contributed by atoms with Crippen LogP contribution in [0.5, 0.6) is 0 Å². The Kier molecular flexibility index (Phi) is 5.71. The number of rotatable bonds is 5. The molecule has 0 saturated carbocycles. The normalized spacial score (nSPS) is 11.5. The van der Waals surface area contributed by atoms with Crippen molar-refractivity contribution in [1.82, 2.24) is 9.55 Å². The average molecular weight is 379 g/mol. The topological polar surface area (TPSA) is 34.9 Å². The monoisotopic (exact) mass is 378 g/mol. The van der Waals surface area contributed by atoms with Crippen LogP contribution < -0.4 is 5.56 Å². The Morgan fingerprint density at radius 3 is 2.67 bits per heavy atom. The molecule has 1 aromatic heterocycles. The molecule has 0 N–H and O–H groups in total. The molecule has 3 nitrogen and oxygen atoms in total. The second-order valence-corrected chi connectivity index (χ2v) is 6.00. The zero-order valence-corrected chi connectivity index (χ0v) is 13.7. The summed E-state index contributed by atoms with van der Waals surface area (Å²) in [5, 5.41) is -0.0406. The molecule has 24 heavy (non-hydrogen) atoms. The number of hydrogen-bond donors (Lipinski definition) is 0. The molecule has 0 saturated heterocycles. The number of nitrogens with zero attached hydrogens (tertiary/aromatic N) is 2. The van der Waals surface area contributed by atoms with Gasteiger partial charge in [0.05, 0.1) is 0 Å². The van der Waals surface area contributed by atoms with Gasteiger partial charge in [-0.3, -0.25) is 9.36 Å². The van der Waals surface area contributed by atoms with Crippen LogP contribution in [0.3, 0.4) is 0 Å². The van der Waals surface area contributed by atoms with Crippen molar-refractivity contribution in [2.24, 2.45) is 0 Å². The highest BCUT2D eigenvalue weighted by molar-refractivity contribution is 7.98. The third-order valence-corrected chi connectivity index (χ3v) is 4.34. The lowest BCUT2D eigenvalue weighted by Crippen LogP contribution is -2.25. The molecule has 1 heterocycles. The molecule has 0 atom stereocenters. The highest BCUT2D eigenvalue weighted by atomic mass is 35.5. The molecule has 0 unspecified atom stereocenters. The summed E-state index contributed by atoms with van der Waals surface area (Å²) < 4.78 is 53.3. The third kappa shape index (κ3) is 4.18. The molecule has 0 radical (unpaired) electrons. The number of aromatic nitrogens is 2. The fourth-order valence-corrected chi connectivity index (χ4v) is 3.20. The predicted octanol–water partition coefficient (Wildman–Crippen LogP) is 4.53. The first-order valence-corrected chi connectivity index (χ1v) is 7.96. The van der Waals surface area contributed by atoms with Gasteiger partial charge in [-0.1, -0.05) is 35.5 Å². The molecule has 2 aromatic rings. The van der Waals surface area contributed by atoms with Gasteiger partial charge in [0.1, 0.15) is 5.82 Å². The van der Waals surface area contributed by atoms with E-state index in [0.29, 0.717) is 6.07 Å². The first-order chi connectivity index (χ1) is 11.2. The van der Waals surface area contributed by atoms with Gasteiger partial charge < -0.3 is 0 Å². The fraction of sp³-hybridized carbons (Fsp3) is 0.200. The number of thioether (sulfide) groups is 1. The molecular weight excluding hydrogens is 368 g/mol. The molecule has 9 heteroatoms. The van der Waals surface area contributed by atoms with Gasteiger partial charge in [-0.05, 0) is 12.1 Å². The van der Waals surface area contributed by atoms with Gasteiger partial charge in [-0.25, -0.2) is 9.37 Å². The van der Waals surface area contributed by atoms with Crippen molar-refractivity contribution in [2.75, 3.05) is 0 Å². The Morgan fingerprint density at radius 2 is 2.08 bits per heavy atom. The molecular formula is C15H11ClF4N2OS. The van der Waals surface area contributed by atoms with Crippen molar-refractivity contribution in [3.05, 3.63) is 69.4 Å². The Labute approximate surface area is 144 Å². The standard InChI is InChI=1S/C15H11ClF4N2OS/c1-2-6-22-13(23)7-12(15(18,19)20)21-14(22)24-8-9-10(16)4-3-5-11(9)17/h2-5,7H,1,6,8H2. The molecule has 0 fully saturated rings. The first kappa shape index (κ1) is 18.5. The molecule has 0 aliphatic rings. The number of benzene rings is 1. The second-order valence-electron chi connectivity index (χ2n) is 4.65. The first-order valence-electron chi connectivity index (χ1n) is 6.59. The van der Waals surface area contributed by atoms with E-state index in [4.69, 9.17) is 11.6 Å². The number of alkyl halides is 3. The van der Waals surface area contributed by atoms with Crippen LogP contribution in [-0.4, -0.2) is 9.55 Å². The average Bonchev–Trinajstić information content (AvgIpc) is 2.48. The van der Waals surface area contributed by atoms with Crippen molar-refractivity contribution in [1.29, 1.82) is 0 Å².